The molecule has 28 heavy (non-hydrogen) atoms. The van der Waals surface area contributed by atoms with Crippen LogP contribution < -0.4 is 25.4 Å². The van der Waals surface area contributed by atoms with Crippen molar-refractivity contribution < 1.29 is 23.8 Å². The van der Waals surface area contributed by atoms with Gasteiger partial charge in [0.25, 0.3) is 11.8 Å². The predicted octanol–water partition coefficient (Wildman–Crippen LogP) is 2.12. The largest absolute Gasteiger partial charge is 0.486 e. The molecule has 1 unspecified atom stereocenters. The number of hydrogen-bond donors (Lipinski definition) is 3. The van der Waals surface area contributed by atoms with Crippen LogP contribution in [0.5, 0.6) is 11.5 Å². The Bertz CT molecular complexity index is 840. The van der Waals surface area contributed by atoms with Crippen LogP contribution in [0.3, 0.4) is 0 Å². The zero-order valence-corrected chi connectivity index (χ0v) is 16.5. The molecule has 1 fully saturated rings. The van der Waals surface area contributed by atoms with Gasteiger partial charge in [-0.1, -0.05) is 6.07 Å². The Labute approximate surface area is 172 Å². The van der Waals surface area contributed by atoms with Crippen molar-refractivity contribution in [2.75, 3.05) is 43.5 Å². The minimum Gasteiger partial charge on any atom is -0.486 e. The highest BCUT2D eigenvalue weighted by atomic mass is 35.5. The number of morpholine rings is 1. The van der Waals surface area contributed by atoms with Crippen LogP contribution in [0.2, 0.25) is 0 Å². The van der Waals surface area contributed by atoms with Gasteiger partial charge in [0.1, 0.15) is 19.3 Å². The van der Waals surface area contributed by atoms with E-state index in [0.29, 0.717) is 54.1 Å². The van der Waals surface area contributed by atoms with Gasteiger partial charge in [0.2, 0.25) is 0 Å². The van der Waals surface area contributed by atoms with E-state index in [9.17, 15) is 9.59 Å². The zero-order valence-electron chi connectivity index (χ0n) is 14.9. The molecule has 2 aromatic rings. The van der Waals surface area contributed by atoms with E-state index >= 15 is 0 Å². The molecule has 150 valence electrons. The summed E-state index contributed by atoms with van der Waals surface area (Å²) in [6, 6.07) is 6.86. The van der Waals surface area contributed by atoms with Crippen molar-refractivity contribution in [1.82, 2.24) is 5.32 Å². The number of rotatable bonds is 4. The van der Waals surface area contributed by atoms with Gasteiger partial charge in [-0.3, -0.25) is 9.59 Å². The summed E-state index contributed by atoms with van der Waals surface area (Å²) in [4.78, 5) is 25.6. The smallest absolute Gasteiger partial charge is 0.265 e. The first-order valence-electron chi connectivity index (χ1n) is 8.62. The lowest BCUT2D eigenvalue weighted by Gasteiger charge is -2.25. The Kier molecular flexibility index (Phi) is 6.74. The molecule has 3 N–H and O–H groups in total. The third kappa shape index (κ3) is 4.56. The maximum absolute atomic E-state index is 12.5. The molecule has 10 heteroatoms. The summed E-state index contributed by atoms with van der Waals surface area (Å²) in [6.07, 6.45) is -0.590. The number of ether oxygens (including phenoxy) is 3. The molecule has 2 aliphatic rings. The molecule has 8 nitrogen and oxygen atoms in total. The molecule has 2 amide bonds. The number of amides is 2. The Balaban J connectivity index is 0.00000225. The zero-order chi connectivity index (χ0) is 18.6. The molecule has 0 saturated carbocycles. The number of thiophene rings is 1. The highest BCUT2D eigenvalue weighted by molar-refractivity contribution is 7.12. The summed E-state index contributed by atoms with van der Waals surface area (Å²) in [6.45, 7) is 2.49. The number of carbonyl (C=O) groups is 2. The van der Waals surface area contributed by atoms with Crippen LogP contribution in [-0.2, 0) is 9.53 Å². The number of carbonyl (C=O) groups excluding carboxylic acids is 2. The molecule has 0 aliphatic carbocycles. The van der Waals surface area contributed by atoms with Gasteiger partial charge in [0, 0.05) is 25.2 Å². The van der Waals surface area contributed by atoms with E-state index < -0.39 is 6.10 Å². The van der Waals surface area contributed by atoms with Gasteiger partial charge >= 0.3 is 0 Å². The Morgan fingerprint density at radius 2 is 1.79 bits per heavy atom. The van der Waals surface area contributed by atoms with Crippen molar-refractivity contribution in [3.8, 4) is 11.5 Å². The van der Waals surface area contributed by atoms with Crippen LogP contribution >= 0.6 is 23.7 Å². The first-order chi connectivity index (χ1) is 13.2. The summed E-state index contributed by atoms with van der Waals surface area (Å²) < 4.78 is 16.7. The Hall–Kier alpha value is -2.33. The Morgan fingerprint density at radius 1 is 1.07 bits per heavy atom. The van der Waals surface area contributed by atoms with Crippen molar-refractivity contribution in [3.63, 3.8) is 0 Å². The quantitative estimate of drug-likeness (QED) is 0.694. The van der Waals surface area contributed by atoms with E-state index in [1.165, 1.54) is 11.3 Å². The summed E-state index contributed by atoms with van der Waals surface area (Å²) in [7, 11) is 0. The highest BCUT2D eigenvalue weighted by Gasteiger charge is 2.24. The fourth-order valence-electron chi connectivity index (χ4n) is 2.83. The van der Waals surface area contributed by atoms with Gasteiger partial charge in [0.05, 0.1) is 22.9 Å². The fraction of sp³-hybridized carbons (Fsp3) is 0.333. The van der Waals surface area contributed by atoms with Crippen LogP contribution in [0, 0.1) is 0 Å². The van der Waals surface area contributed by atoms with Crippen LogP contribution in [0.4, 0.5) is 11.4 Å². The maximum atomic E-state index is 12.5. The standard InChI is InChI=1S/C18H19N3O5S.ClH/c22-17(15-10-19-3-4-24-15)20-11-8-13-14(26-6-5-25-13)9-12(11)21-18(23)16-2-1-7-27-16;/h1-2,7-9,15,19H,3-6,10H2,(H,20,22)(H,21,23);1H. The van der Waals surface area contributed by atoms with Crippen molar-refractivity contribution in [1.29, 1.82) is 0 Å². The molecular weight excluding hydrogens is 406 g/mol. The predicted molar refractivity (Wildman–Crippen MR) is 108 cm³/mol. The first-order valence-corrected chi connectivity index (χ1v) is 9.50. The fourth-order valence-corrected chi connectivity index (χ4v) is 3.45. The number of benzene rings is 1. The second-order valence-corrected chi connectivity index (χ2v) is 6.97. The second kappa shape index (κ2) is 9.24. The van der Waals surface area contributed by atoms with Crippen LogP contribution in [-0.4, -0.2) is 50.8 Å². The summed E-state index contributed by atoms with van der Waals surface area (Å²) in [5.74, 6) is 0.503. The van der Waals surface area contributed by atoms with Gasteiger partial charge < -0.3 is 30.2 Å². The maximum Gasteiger partial charge on any atom is 0.265 e. The lowest BCUT2D eigenvalue weighted by molar-refractivity contribution is -0.128. The van der Waals surface area contributed by atoms with Gasteiger partial charge in [-0.15, -0.1) is 23.7 Å². The second-order valence-electron chi connectivity index (χ2n) is 6.03. The molecule has 0 radical (unpaired) electrons. The monoisotopic (exact) mass is 425 g/mol. The number of hydrogen-bond acceptors (Lipinski definition) is 7. The lowest BCUT2D eigenvalue weighted by atomic mass is 10.2. The minimum atomic E-state index is -0.590. The molecule has 1 aromatic heterocycles. The van der Waals surface area contributed by atoms with Gasteiger partial charge in [-0.05, 0) is 11.4 Å². The molecule has 1 saturated heterocycles. The van der Waals surface area contributed by atoms with E-state index in [0.717, 1.165) is 6.54 Å². The number of nitrogens with one attached hydrogen (secondary N) is 3. The molecule has 1 aromatic carbocycles. The SMILES string of the molecule is Cl.O=C(Nc1cc2c(cc1NC(=O)C1CNCCO1)OCCO2)c1cccs1. The molecule has 0 spiro atoms. The number of fused-ring (bicyclic) bond motifs is 1. The van der Waals surface area contributed by atoms with Gasteiger partial charge in [0.15, 0.2) is 11.5 Å². The molecular formula is C18H20ClN3O5S. The van der Waals surface area contributed by atoms with Gasteiger partial charge in [-0.2, -0.15) is 0 Å². The van der Waals surface area contributed by atoms with E-state index in [1.54, 1.807) is 24.3 Å². The topological polar surface area (TPSA) is 97.9 Å². The van der Waals surface area contributed by atoms with Crippen molar-refractivity contribution in [2.24, 2.45) is 0 Å². The average Bonchev–Trinajstić information content (AvgIpc) is 3.24. The Morgan fingerprint density at radius 3 is 2.39 bits per heavy atom. The van der Waals surface area contributed by atoms with Crippen molar-refractivity contribution in [3.05, 3.63) is 34.5 Å². The molecule has 0 bridgehead atoms. The van der Waals surface area contributed by atoms with Crippen LogP contribution in [0.25, 0.3) is 0 Å². The molecule has 4 rings (SSSR count). The molecule has 1 atom stereocenters. The number of anilines is 2. The normalized spacial score (nSPS) is 17.9. The van der Waals surface area contributed by atoms with Crippen molar-refractivity contribution in [2.45, 2.75) is 6.10 Å². The van der Waals surface area contributed by atoms with Crippen LogP contribution in [0.15, 0.2) is 29.6 Å². The summed E-state index contributed by atoms with van der Waals surface area (Å²) in [5.41, 5.74) is 0.873. The van der Waals surface area contributed by atoms with E-state index in [4.69, 9.17) is 14.2 Å². The summed E-state index contributed by atoms with van der Waals surface area (Å²) in [5, 5.41) is 10.6. The third-order valence-corrected chi connectivity index (χ3v) is 5.02. The summed E-state index contributed by atoms with van der Waals surface area (Å²) >= 11 is 1.34. The van der Waals surface area contributed by atoms with Crippen LogP contribution in [0.1, 0.15) is 9.67 Å². The average molecular weight is 426 g/mol. The van der Waals surface area contributed by atoms with E-state index in [2.05, 4.69) is 16.0 Å². The first kappa shape index (κ1) is 20.4. The van der Waals surface area contributed by atoms with E-state index in [-0.39, 0.29) is 24.2 Å². The third-order valence-electron chi connectivity index (χ3n) is 4.15. The van der Waals surface area contributed by atoms with E-state index in [1.807, 2.05) is 5.38 Å². The molecule has 3 heterocycles. The van der Waals surface area contributed by atoms with Gasteiger partial charge in [-0.25, -0.2) is 0 Å². The lowest BCUT2D eigenvalue weighted by Crippen LogP contribution is -2.45. The molecule has 2 aliphatic heterocycles. The minimum absolute atomic E-state index is 0. The highest BCUT2D eigenvalue weighted by Crippen LogP contribution is 2.38. The van der Waals surface area contributed by atoms with Crippen molar-refractivity contribution >= 4 is 46.9 Å². The number of halogens is 1.